The summed E-state index contributed by atoms with van der Waals surface area (Å²) in [5.41, 5.74) is 1.94. The van der Waals surface area contributed by atoms with Crippen molar-refractivity contribution >= 4 is 10.0 Å². The first-order chi connectivity index (χ1) is 11.1. The molecule has 1 aromatic carbocycles. The Kier molecular flexibility index (Phi) is 4.63. The summed E-state index contributed by atoms with van der Waals surface area (Å²) in [6, 6.07) is 11.7. The number of sulfonamides is 1. The molecule has 0 amide bonds. The highest BCUT2D eigenvalue weighted by Crippen LogP contribution is 2.29. The van der Waals surface area contributed by atoms with E-state index in [0.717, 1.165) is 17.5 Å². The molecule has 1 aliphatic rings. The van der Waals surface area contributed by atoms with Crippen molar-refractivity contribution in [3.05, 3.63) is 59.9 Å². The van der Waals surface area contributed by atoms with Gasteiger partial charge in [-0.3, -0.25) is 4.98 Å². The Labute approximate surface area is 137 Å². The van der Waals surface area contributed by atoms with Crippen LogP contribution >= 0.6 is 0 Å². The van der Waals surface area contributed by atoms with Crippen molar-refractivity contribution in [1.82, 2.24) is 9.29 Å². The van der Waals surface area contributed by atoms with Gasteiger partial charge in [-0.25, -0.2) is 8.42 Å². The van der Waals surface area contributed by atoms with Crippen LogP contribution in [0.4, 0.5) is 0 Å². The van der Waals surface area contributed by atoms with Crippen LogP contribution in [0.1, 0.15) is 17.5 Å². The molecule has 6 heteroatoms. The highest BCUT2D eigenvalue weighted by Gasteiger charge is 2.37. The first kappa shape index (κ1) is 16.0. The Hall–Kier alpha value is -1.92. The zero-order valence-corrected chi connectivity index (χ0v) is 13.9. The highest BCUT2D eigenvalue weighted by molar-refractivity contribution is 7.89. The van der Waals surface area contributed by atoms with Crippen molar-refractivity contribution in [1.29, 1.82) is 0 Å². The maximum Gasteiger partial charge on any atom is 0.214 e. The third-order valence-corrected chi connectivity index (χ3v) is 6.09. The van der Waals surface area contributed by atoms with E-state index >= 15 is 0 Å². The van der Waals surface area contributed by atoms with E-state index in [1.807, 2.05) is 30.3 Å². The molecule has 122 valence electrons. The van der Waals surface area contributed by atoms with Gasteiger partial charge in [0.2, 0.25) is 10.0 Å². The fraction of sp³-hybridized carbons (Fsp3) is 0.353. The Morgan fingerprint density at radius 2 is 2.04 bits per heavy atom. The van der Waals surface area contributed by atoms with E-state index in [1.54, 1.807) is 29.9 Å². The minimum Gasteiger partial charge on any atom is -0.496 e. The number of hydrogen-bond acceptors (Lipinski definition) is 4. The molecule has 0 radical (unpaired) electrons. The standard InChI is InChI=1S/C17H20N2O3S/c1-22-17-7-9-18-12-15(17)13-19-16(8-10-23(19,20)21)11-14-5-3-2-4-6-14/h2-7,9,12,16H,8,10-11,13H2,1H3. The zero-order valence-electron chi connectivity index (χ0n) is 13.1. The van der Waals surface area contributed by atoms with Gasteiger partial charge in [0.25, 0.3) is 0 Å². The molecular formula is C17H20N2O3S. The van der Waals surface area contributed by atoms with Gasteiger partial charge in [0.1, 0.15) is 5.75 Å². The third-order valence-electron chi connectivity index (χ3n) is 4.19. The summed E-state index contributed by atoms with van der Waals surface area (Å²) in [6.45, 7) is 0.302. The Balaban J connectivity index is 1.84. The quantitative estimate of drug-likeness (QED) is 0.842. The van der Waals surface area contributed by atoms with Crippen LogP contribution in [0.15, 0.2) is 48.8 Å². The highest BCUT2D eigenvalue weighted by atomic mass is 32.2. The Morgan fingerprint density at radius 1 is 1.26 bits per heavy atom. The van der Waals surface area contributed by atoms with E-state index < -0.39 is 10.0 Å². The number of pyridine rings is 1. The maximum absolute atomic E-state index is 12.4. The number of ether oxygens (including phenoxy) is 1. The average Bonchev–Trinajstić information content (AvgIpc) is 2.84. The zero-order chi connectivity index (χ0) is 16.3. The van der Waals surface area contributed by atoms with Crippen LogP contribution < -0.4 is 4.74 Å². The van der Waals surface area contributed by atoms with Crippen LogP contribution in [-0.4, -0.2) is 36.6 Å². The van der Waals surface area contributed by atoms with Crippen molar-refractivity contribution in [3.8, 4) is 5.75 Å². The maximum atomic E-state index is 12.4. The van der Waals surface area contributed by atoms with Crippen molar-refractivity contribution in [2.75, 3.05) is 12.9 Å². The first-order valence-corrected chi connectivity index (χ1v) is 9.21. The van der Waals surface area contributed by atoms with Crippen LogP contribution in [0, 0.1) is 0 Å². The second kappa shape index (κ2) is 6.68. The molecule has 2 aromatic rings. The van der Waals surface area contributed by atoms with Gasteiger partial charge in [-0.15, -0.1) is 0 Å². The summed E-state index contributed by atoms with van der Waals surface area (Å²) in [4.78, 5) is 4.09. The molecule has 23 heavy (non-hydrogen) atoms. The normalized spacial score (nSPS) is 20.5. The van der Waals surface area contributed by atoms with Crippen molar-refractivity contribution in [2.24, 2.45) is 0 Å². The summed E-state index contributed by atoms with van der Waals surface area (Å²) < 4.78 is 31.8. The van der Waals surface area contributed by atoms with Crippen molar-refractivity contribution < 1.29 is 13.2 Å². The van der Waals surface area contributed by atoms with Gasteiger partial charge in [0, 0.05) is 30.5 Å². The van der Waals surface area contributed by atoms with Gasteiger partial charge < -0.3 is 4.74 Å². The second-order valence-electron chi connectivity index (χ2n) is 5.68. The molecule has 0 N–H and O–H groups in total. The number of methoxy groups -OCH3 is 1. The SMILES string of the molecule is COc1ccncc1CN1C(Cc2ccccc2)CCS1(=O)=O. The summed E-state index contributed by atoms with van der Waals surface area (Å²) in [5, 5.41) is 0. The molecule has 5 nitrogen and oxygen atoms in total. The van der Waals surface area contributed by atoms with Crippen LogP contribution in [0.3, 0.4) is 0 Å². The topological polar surface area (TPSA) is 59.5 Å². The van der Waals surface area contributed by atoms with Gasteiger partial charge in [-0.1, -0.05) is 30.3 Å². The second-order valence-corrected chi connectivity index (χ2v) is 7.72. The molecule has 1 saturated heterocycles. The van der Waals surface area contributed by atoms with E-state index in [0.29, 0.717) is 18.7 Å². The van der Waals surface area contributed by atoms with E-state index in [9.17, 15) is 8.42 Å². The molecular weight excluding hydrogens is 312 g/mol. The molecule has 3 rings (SSSR count). The molecule has 2 heterocycles. The van der Waals surface area contributed by atoms with E-state index in [-0.39, 0.29) is 11.8 Å². The fourth-order valence-corrected chi connectivity index (χ4v) is 4.77. The van der Waals surface area contributed by atoms with Crippen molar-refractivity contribution in [3.63, 3.8) is 0 Å². The minimum atomic E-state index is -3.23. The van der Waals surface area contributed by atoms with Gasteiger partial charge in [0.15, 0.2) is 0 Å². The minimum absolute atomic E-state index is 0.0210. The predicted octanol–water partition coefficient (Wildman–Crippen LogP) is 2.24. The molecule has 0 aliphatic carbocycles. The van der Waals surface area contributed by atoms with Gasteiger partial charge in [0.05, 0.1) is 12.9 Å². The lowest BCUT2D eigenvalue weighted by Crippen LogP contribution is -2.34. The third kappa shape index (κ3) is 3.54. The Bertz CT molecular complexity index is 762. The summed E-state index contributed by atoms with van der Waals surface area (Å²) >= 11 is 0. The van der Waals surface area contributed by atoms with Gasteiger partial charge in [-0.2, -0.15) is 4.31 Å². The molecule has 0 bridgehead atoms. The first-order valence-electron chi connectivity index (χ1n) is 7.60. The summed E-state index contributed by atoms with van der Waals surface area (Å²) in [6.07, 6.45) is 4.69. The fourth-order valence-electron chi connectivity index (χ4n) is 2.99. The van der Waals surface area contributed by atoms with Gasteiger partial charge >= 0.3 is 0 Å². The smallest absolute Gasteiger partial charge is 0.214 e. The van der Waals surface area contributed by atoms with Crippen LogP contribution in [0.2, 0.25) is 0 Å². The van der Waals surface area contributed by atoms with Crippen LogP contribution in [0.25, 0.3) is 0 Å². The van der Waals surface area contributed by atoms with Crippen LogP contribution in [-0.2, 0) is 23.0 Å². The molecule has 1 aliphatic heterocycles. The monoisotopic (exact) mass is 332 g/mol. The largest absolute Gasteiger partial charge is 0.496 e. The van der Waals surface area contributed by atoms with Crippen molar-refractivity contribution in [2.45, 2.75) is 25.4 Å². The molecule has 1 unspecified atom stereocenters. The number of nitrogens with zero attached hydrogens (tertiary/aromatic N) is 2. The Morgan fingerprint density at radius 3 is 2.78 bits per heavy atom. The van der Waals surface area contributed by atoms with E-state index in [2.05, 4.69) is 4.98 Å². The lowest BCUT2D eigenvalue weighted by atomic mass is 10.0. The summed E-state index contributed by atoms with van der Waals surface area (Å²) in [7, 11) is -1.65. The molecule has 0 saturated carbocycles. The molecule has 1 aromatic heterocycles. The van der Waals surface area contributed by atoms with E-state index in [1.165, 1.54) is 0 Å². The lowest BCUT2D eigenvalue weighted by molar-refractivity contribution is 0.325. The van der Waals surface area contributed by atoms with Gasteiger partial charge in [-0.05, 0) is 24.5 Å². The number of hydrogen-bond donors (Lipinski definition) is 0. The van der Waals surface area contributed by atoms with Crippen LogP contribution in [0.5, 0.6) is 5.75 Å². The molecule has 0 spiro atoms. The lowest BCUT2D eigenvalue weighted by Gasteiger charge is -2.23. The number of rotatable bonds is 5. The molecule has 1 atom stereocenters. The van der Waals surface area contributed by atoms with E-state index in [4.69, 9.17) is 4.74 Å². The molecule has 1 fully saturated rings. The number of benzene rings is 1. The average molecular weight is 332 g/mol. The number of aromatic nitrogens is 1. The summed E-state index contributed by atoms with van der Waals surface area (Å²) in [5.74, 6) is 0.869. The predicted molar refractivity (Wildman–Crippen MR) is 88.7 cm³/mol.